The fourth-order valence-electron chi connectivity index (χ4n) is 2.09. The maximum atomic E-state index is 12.1. The minimum absolute atomic E-state index is 0.0226. The first-order chi connectivity index (χ1) is 9.40. The van der Waals surface area contributed by atoms with Gasteiger partial charge in [-0.1, -0.05) is 23.2 Å². The number of nitrogens with zero attached hydrogens (tertiary/aromatic N) is 3. The van der Waals surface area contributed by atoms with Crippen LogP contribution >= 0.6 is 23.2 Å². The van der Waals surface area contributed by atoms with Gasteiger partial charge in [0.15, 0.2) is 0 Å². The van der Waals surface area contributed by atoms with Gasteiger partial charge in [0.1, 0.15) is 5.15 Å². The number of piperazine rings is 1. The van der Waals surface area contributed by atoms with Crippen LogP contribution in [0, 0.1) is 0 Å². The highest BCUT2D eigenvalue weighted by Gasteiger charge is 2.33. The molecule has 1 aromatic heterocycles. The Morgan fingerprint density at radius 1 is 1.25 bits per heavy atom. The molecule has 1 saturated heterocycles. The van der Waals surface area contributed by atoms with Gasteiger partial charge in [0, 0.05) is 37.4 Å². The third-order valence-corrected chi connectivity index (χ3v) is 3.78. The molecule has 0 bridgehead atoms. The molecule has 7 heteroatoms. The second-order valence-corrected chi connectivity index (χ2v) is 5.71. The van der Waals surface area contributed by atoms with Crippen molar-refractivity contribution in [3.05, 3.63) is 28.0 Å². The van der Waals surface area contributed by atoms with E-state index in [1.54, 1.807) is 4.90 Å². The molecule has 0 aliphatic carbocycles. The summed E-state index contributed by atoms with van der Waals surface area (Å²) in [6.45, 7) is 5.06. The van der Waals surface area contributed by atoms with Crippen LogP contribution in [0.4, 0.5) is 0 Å². The van der Waals surface area contributed by atoms with Crippen LogP contribution in [0.25, 0.3) is 0 Å². The van der Waals surface area contributed by atoms with Gasteiger partial charge in [0.2, 0.25) is 0 Å². The highest BCUT2D eigenvalue weighted by molar-refractivity contribution is 6.36. The lowest BCUT2D eigenvalue weighted by atomic mass is 10.2. The number of hydrogen-bond donors (Lipinski definition) is 0. The Morgan fingerprint density at radius 2 is 1.95 bits per heavy atom. The second-order valence-electron chi connectivity index (χ2n) is 4.92. The van der Waals surface area contributed by atoms with Gasteiger partial charge in [-0.3, -0.25) is 9.59 Å². The average Bonchev–Trinajstić information content (AvgIpc) is 2.37. The number of amides is 2. The van der Waals surface area contributed by atoms with E-state index >= 15 is 0 Å². The third kappa shape index (κ3) is 3.04. The number of aromatic nitrogens is 1. The molecule has 0 atom stereocenters. The highest BCUT2D eigenvalue weighted by Crippen LogP contribution is 2.21. The molecule has 0 saturated carbocycles. The molecule has 1 aromatic rings. The van der Waals surface area contributed by atoms with E-state index in [0.717, 1.165) is 0 Å². The lowest BCUT2D eigenvalue weighted by molar-refractivity contribution is -0.157. The Bertz CT molecular complexity index is 548. The van der Waals surface area contributed by atoms with Crippen molar-refractivity contribution >= 4 is 35.0 Å². The Balaban J connectivity index is 2.11. The van der Waals surface area contributed by atoms with Crippen molar-refractivity contribution in [1.29, 1.82) is 0 Å². The maximum absolute atomic E-state index is 12.1. The second kappa shape index (κ2) is 5.97. The summed E-state index contributed by atoms with van der Waals surface area (Å²) in [5, 5.41) is 0.738. The summed E-state index contributed by atoms with van der Waals surface area (Å²) in [5.41, 5.74) is 0.676. The van der Waals surface area contributed by atoms with Crippen molar-refractivity contribution in [3.63, 3.8) is 0 Å². The summed E-state index contributed by atoms with van der Waals surface area (Å²) in [6, 6.07) is 1.55. The standard InChI is InChI=1S/C13H15Cl2N3O2/c1-8(2)18-4-3-17(12(19)13(18)20)7-9-6-16-11(15)5-10(9)14/h5-6,8H,3-4,7H2,1-2H3. The van der Waals surface area contributed by atoms with Crippen LogP contribution in [0.2, 0.25) is 10.2 Å². The maximum Gasteiger partial charge on any atom is 0.312 e. The van der Waals surface area contributed by atoms with Crippen LogP contribution in [0.3, 0.4) is 0 Å². The number of carbonyl (C=O) groups excluding carboxylic acids is 2. The monoisotopic (exact) mass is 315 g/mol. The number of carbonyl (C=O) groups is 2. The van der Waals surface area contributed by atoms with Crippen LogP contribution in [-0.2, 0) is 16.1 Å². The van der Waals surface area contributed by atoms with Crippen molar-refractivity contribution in [2.75, 3.05) is 13.1 Å². The van der Waals surface area contributed by atoms with E-state index in [0.29, 0.717) is 28.8 Å². The van der Waals surface area contributed by atoms with Crippen molar-refractivity contribution in [2.45, 2.75) is 26.4 Å². The summed E-state index contributed by atoms with van der Waals surface area (Å²) in [4.78, 5) is 31.0. The molecule has 1 aliphatic heterocycles. The summed E-state index contributed by atoms with van der Waals surface area (Å²) < 4.78 is 0. The zero-order valence-corrected chi connectivity index (χ0v) is 12.8. The topological polar surface area (TPSA) is 53.5 Å². The van der Waals surface area contributed by atoms with E-state index in [2.05, 4.69) is 4.98 Å². The first kappa shape index (κ1) is 15.1. The fraction of sp³-hybridized carbons (Fsp3) is 0.462. The molecule has 108 valence electrons. The normalized spacial score (nSPS) is 16.2. The van der Waals surface area contributed by atoms with Crippen molar-refractivity contribution in [2.24, 2.45) is 0 Å². The van der Waals surface area contributed by atoms with Crippen LogP contribution < -0.4 is 0 Å². The Labute approximate surface area is 127 Å². The molecule has 0 N–H and O–H groups in total. The summed E-state index contributed by atoms with van der Waals surface area (Å²) >= 11 is 11.8. The van der Waals surface area contributed by atoms with Gasteiger partial charge in [0.25, 0.3) is 0 Å². The minimum Gasteiger partial charge on any atom is -0.330 e. The lowest BCUT2D eigenvalue weighted by Crippen LogP contribution is -2.55. The highest BCUT2D eigenvalue weighted by atomic mass is 35.5. The van der Waals surface area contributed by atoms with Crippen LogP contribution in [0.1, 0.15) is 19.4 Å². The molecular formula is C13H15Cl2N3O2. The molecule has 0 spiro atoms. The van der Waals surface area contributed by atoms with E-state index in [4.69, 9.17) is 23.2 Å². The Morgan fingerprint density at radius 3 is 2.55 bits per heavy atom. The largest absolute Gasteiger partial charge is 0.330 e. The van der Waals surface area contributed by atoms with Crippen LogP contribution in [0.5, 0.6) is 0 Å². The molecule has 0 aromatic carbocycles. The molecular weight excluding hydrogens is 301 g/mol. The van der Waals surface area contributed by atoms with Gasteiger partial charge in [-0.2, -0.15) is 0 Å². The molecule has 0 unspecified atom stereocenters. The Kier molecular flexibility index (Phi) is 4.50. The third-order valence-electron chi connectivity index (χ3n) is 3.22. The SMILES string of the molecule is CC(C)N1CCN(Cc2cnc(Cl)cc2Cl)C(=O)C1=O. The Hall–Kier alpha value is -1.33. The molecule has 20 heavy (non-hydrogen) atoms. The predicted octanol–water partition coefficient (Wildman–Crippen LogP) is 1.97. The smallest absolute Gasteiger partial charge is 0.312 e. The number of rotatable bonds is 3. The molecule has 2 amide bonds. The van der Waals surface area contributed by atoms with E-state index < -0.39 is 11.8 Å². The van der Waals surface area contributed by atoms with Crippen molar-refractivity contribution in [3.8, 4) is 0 Å². The van der Waals surface area contributed by atoms with E-state index in [9.17, 15) is 9.59 Å². The van der Waals surface area contributed by atoms with Gasteiger partial charge in [-0.05, 0) is 19.9 Å². The lowest BCUT2D eigenvalue weighted by Gasteiger charge is -2.36. The van der Waals surface area contributed by atoms with Gasteiger partial charge < -0.3 is 9.80 Å². The van der Waals surface area contributed by atoms with E-state index in [1.807, 2.05) is 13.8 Å². The molecule has 5 nitrogen and oxygen atoms in total. The molecule has 0 radical (unpaired) electrons. The zero-order valence-electron chi connectivity index (χ0n) is 11.3. The first-order valence-electron chi connectivity index (χ1n) is 6.30. The zero-order chi connectivity index (χ0) is 14.9. The minimum atomic E-state index is -0.504. The first-order valence-corrected chi connectivity index (χ1v) is 7.05. The quantitative estimate of drug-likeness (QED) is 0.633. The number of pyridine rings is 1. The molecule has 1 fully saturated rings. The average molecular weight is 316 g/mol. The fourth-order valence-corrected chi connectivity index (χ4v) is 2.52. The molecule has 1 aliphatic rings. The summed E-state index contributed by atoms with van der Waals surface area (Å²) in [7, 11) is 0. The van der Waals surface area contributed by atoms with Gasteiger partial charge >= 0.3 is 11.8 Å². The van der Waals surface area contributed by atoms with E-state index in [1.165, 1.54) is 17.2 Å². The molecule has 2 heterocycles. The summed E-state index contributed by atoms with van der Waals surface area (Å²) in [5.74, 6) is -0.972. The predicted molar refractivity (Wildman–Crippen MR) is 76.5 cm³/mol. The number of halogens is 2. The van der Waals surface area contributed by atoms with Gasteiger partial charge in [0.05, 0.1) is 5.02 Å². The summed E-state index contributed by atoms with van der Waals surface area (Å²) in [6.07, 6.45) is 1.53. The van der Waals surface area contributed by atoms with Crippen LogP contribution in [0.15, 0.2) is 12.3 Å². The van der Waals surface area contributed by atoms with Crippen molar-refractivity contribution < 1.29 is 9.59 Å². The van der Waals surface area contributed by atoms with Gasteiger partial charge in [-0.25, -0.2) is 4.98 Å². The molecule has 2 rings (SSSR count). The van der Waals surface area contributed by atoms with Gasteiger partial charge in [-0.15, -0.1) is 0 Å². The van der Waals surface area contributed by atoms with Crippen LogP contribution in [-0.4, -0.2) is 45.7 Å². The van der Waals surface area contributed by atoms with E-state index in [-0.39, 0.29) is 12.6 Å². The number of hydrogen-bond acceptors (Lipinski definition) is 3. The van der Waals surface area contributed by atoms with Crippen molar-refractivity contribution in [1.82, 2.24) is 14.8 Å².